The van der Waals surface area contributed by atoms with Gasteiger partial charge in [0.1, 0.15) is 12.7 Å². The Labute approximate surface area is 190 Å². The number of carbonyl (C=O) groups excluding carboxylic acids is 4. The monoisotopic (exact) mass is 478 g/mol. The van der Waals surface area contributed by atoms with Crippen LogP contribution in [0.2, 0.25) is 0 Å². The molecule has 1 heterocycles. The summed E-state index contributed by atoms with van der Waals surface area (Å²) in [4.78, 5) is 46.7. The number of hydrogen-bond acceptors (Lipinski definition) is 11. The van der Waals surface area contributed by atoms with Gasteiger partial charge in [0.05, 0.1) is 0 Å². The molecule has 0 radical (unpaired) electrons. The van der Waals surface area contributed by atoms with Gasteiger partial charge in [-0.15, -0.1) is 0 Å². The van der Waals surface area contributed by atoms with Crippen molar-refractivity contribution in [3.63, 3.8) is 0 Å². The molecule has 0 amide bonds. The van der Waals surface area contributed by atoms with Gasteiger partial charge < -0.3 is 23.7 Å². The molecule has 5 atom stereocenters. The van der Waals surface area contributed by atoms with E-state index in [1.807, 2.05) is 0 Å². The Morgan fingerprint density at radius 2 is 1.29 bits per heavy atom. The van der Waals surface area contributed by atoms with Gasteiger partial charge in [0.2, 0.25) is 0 Å². The molecule has 11 heteroatoms. The summed E-state index contributed by atoms with van der Waals surface area (Å²) in [5.41, 5.74) is -0.715. The Morgan fingerprint density at radius 3 is 1.84 bits per heavy atom. The second kappa shape index (κ2) is 12.5. The third-order valence-electron chi connectivity index (χ3n) is 4.79. The zero-order valence-corrected chi connectivity index (χ0v) is 19.8. The topological polar surface area (TPSA) is 114 Å². The number of esters is 4. The minimum Gasteiger partial charge on any atom is -0.463 e. The minimum atomic E-state index is -1.11. The summed E-state index contributed by atoms with van der Waals surface area (Å²) in [7, 11) is 3.03. The molecule has 0 aromatic rings. The zero-order chi connectivity index (χ0) is 23.0. The van der Waals surface area contributed by atoms with E-state index >= 15 is 0 Å². The number of hydrogen-bond donors (Lipinski definition) is 0. The first kappa shape index (κ1) is 25.8. The van der Waals surface area contributed by atoms with Crippen LogP contribution >= 0.6 is 21.6 Å². The molecule has 0 unspecified atom stereocenters. The van der Waals surface area contributed by atoms with E-state index < -0.39 is 53.7 Å². The molecule has 0 N–H and O–H groups in total. The molecule has 0 aromatic heterocycles. The fourth-order valence-corrected chi connectivity index (χ4v) is 6.70. The largest absolute Gasteiger partial charge is 0.463 e. The summed E-state index contributed by atoms with van der Waals surface area (Å²) in [6.07, 6.45) is 1.61. The quantitative estimate of drug-likeness (QED) is 0.291. The lowest BCUT2D eigenvalue weighted by molar-refractivity contribution is -0.237. The van der Waals surface area contributed by atoms with Crippen LogP contribution < -0.4 is 0 Å². The van der Waals surface area contributed by atoms with Crippen molar-refractivity contribution >= 4 is 45.5 Å². The van der Waals surface area contributed by atoms with Crippen LogP contribution in [0.15, 0.2) is 0 Å². The predicted octanol–water partition coefficient (Wildman–Crippen LogP) is 2.78. The lowest BCUT2D eigenvalue weighted by atomic mass is 9.99. The lowest BCUT2D eigenvalue weighted by Gasteiger charge is -2.44. The van der Waals surface area contributed by atoms with Gasteiger partial charge in [-0.1, -0.05) is 40.9 Å². The van der Waals surface area contributed by atoms with E-state index in [-0.39, 0.29) is 6.61 Å². The molecule has 2 fully saturated rings. The first-order valence-electron chi connectivity index (χ1n) is 10.3. The first-order chi connectivity index (χ1) is 14.7. The number of rotatable bonds is 8. The highest BCUT2D eigenvalue weighted by atomic mass is 33.1. The average molecular weight is 479 g/mol. The van der Waals surface area contributed by atoms with Crippen molar-refractivity contribution < 1.29 is 42.9 Å². The van der Waals surface area contributed by atoms with Gasteiger partial charge in [-0.3, -0.25) is 19.2 Å². The maximum Gasteiger partial charge on any atom is 0.303 e. The SMILES string of the molecule is CC(=O)OC[C@H]1O[C@@H](SSC2CCCCC2)[C@H](OC(C)=O)[C@@H](OC(C)=O)[C@@H]1OC(C)=O. The van der Waals surface area contributed by atoms with Crippen molar-refractivity contribution in [1.29, 1.82) is 0 Å². The Bertz CT molecular complexity index is 651. The van der Waals surface area contributed by atoms with Gasteiger partial charge >= 0.3 is 23.9 Å². The van der Waals surface area contributed by atoms with E-state index in [2.05, 4.69) is 0 Å². The highest BCUT2D eigenvalue weighted by Crippen LogP contribution is 2.43. The Morgan fingerprint density at radius 1 is 0.742 bits per heavy atom. The maximum absolute atomic E-state index is 11.8. The highest BCUT2D eigenvalue weighted by molar-refractivity contribution is 8.77. The van der Waals surface area contributed by atoms with Crippen molar-refractivity contribution in [1.82, 2.24) is 0 Å². The van der Waals surface area contributed by atoms with Crippen LogP contribution in [-0.2, 0) is 42.9 Å². The van der Waals surface area contributed by atoms with Gasteiger partial charge in [-0.05, 0) is 12.8 Å². The van der Waals surface area contributed by atoms with Crippen LogP contribution in [0, 0.1) is 0 Å². The zero-order valence-electron chi connectivity index (χ0n) is 18.2. The minimum absolute atomic E-state index is 0.205. The number of carbonyl (C=O) groups is 4. The van der Waals surface area contributed by atoms with Crippen molar-refractivity contribution in [2.75, 3.05) is 6.61 Å². The van der Waals surface area contributed by atoms with Gasteiger partial charge in [0.25, 0.3) is 0 Å². The molecule has 9 nitrogen and oxygen atoms in total. The average Bonchev–Trinajstić information content (AvgIpc) is 2.68. The maximum atomic E-state index is 11.8. The van der Waals surface area contributed by atoms with Crippen LogP contribution in [0.25, 0.3) is 0 Å². The Hall–Kier alpha value is -1.46. The third-order valence-corrected chi connectivity index (χ3v) is 7.93. The van der Waals surface area contributed by atoms with Gasteiger partial charge in [-0.2, -0.15) is 0 Å². The Kier molecular flexibility index (Phi) is 10.4. The van der Waals surface area contributed by atoms with Crippen LogP contribution in [0.5, 0.6) is 0 Å². The van der Waals surface area contributed by atoms with Crippen molar-refractivity contribution in [2.45, 2.75) is 94.9 Å². The van der Waals surface area contributed by atoms with Gasteiger partial charge in [-0.25, -0.2) is 0 Å². The summed E-state index contributed by atoms with van der Waals surface area (Å²) in [6.45, 7) is 4.70. The second-order valence-corrected chi connectivity index (χ2v) is 10.2. The molecule has 2 rings (SSSR count). The van der Waals surface area contributed by atoms with Crippen LogP contribution in [0.3, 0.4) is 0 Å². The molecule has 176 valence electrons. The molecule has 1 saturated carbocycles. The van der Waals surface area contributed by atoms with E-state index in [4.69, 9.17) is 23.7 Å². The molecule has 0 spiro atoms. The molecule has 31 heavy (non-hydrogen) atoms. The number of ether oxygens (including phenoxy) is 5. The summed E-state index contributed by atoms with van der Waals surface area (Å²) in [5, 5.41) is 0.436. The normalized spacial score (nSPS) is 29.0. The molecule has 1 saturated heterocycles. The molecule has 2 aliphatic rings. The molecular weight excluding hydrogens is 448 g/mol. The smallest absolute Gasteiger partial charge is 0.303 e. The van der Waals surface area contributed by atoms with Crippen molar-refractivity contribution in [3.05, 3.63) is 0 Å². The molecule has 1 aliphatic carbocycles. The molecule has 0 bridgehead atoms. The summed E-state index contributed by atoms with van der Waals surface area (Å²) in [5.74, 6) is -2.38. The lowest BCUT2D eigenvalue weighted by Crippen LogP contribution is -2.61. The van der Waals surface area contributed by atoms with E-state index in [0.717, 1.165) is 25.7 Å². The third kappa shape index (κ3) is 8.53. The predicted molar refractivity (Wildman–Crippen MR) is 114 cm³/mol. The van der Waals surface area contributed by atoms with E-state index in [0.29, 0.717) is 5.25 Å². The van der Waals surface area contributed by atoms with Crippen LogP contribution in [0.4, 0.5) is 0 Å². The van der Waals surface area contributed by atoms with Crippen molar-refractivity contribution in [2.24, 2.45) is 0 Å². The summed E-state index contributed by atoms with van der Waals surface area (Å²) < 4.78 is 27.4. The van der Waals surface area contributed by atoms with Crippen LogP contribution in [-0.4, -0.2) is 65.6 Å². The molecule has 1 aliphatic heterocycles. The van der Waals surface area contributed by atoms with E-state index in [1.54, 1.807) is 10.8 Å². The van der Waals surface area contributed by atoms with Gasteiger partial charge in [0, 0.05) is 32.9 Å². The fraction of sp³-hybridized carbons (Fsp3) is 0.800. The fourth-order valence-electron chi connectivity index (χ4n) is 3.56. The van der Waals surface area contributed by atoms with E-state index in [9.17, 15) is 19.2 Å². The van der Waals surface area contributed by atoms with E-state index in [1.165, 1.54) is 44.9 Å². The summed E-state index contributed by atoms with van der Waals surface area (Å²) in [6, 6.07) is 0. The van der Waals surface area contributed by atoms with Gasteiger partial charge in [0.15, 0.2) is 23.7 Å². The van der Waals surface area contributed by atoms with Crippen molar-refractivity contribution in [3.8, 4) is 0 Å². The second-order valence-electron chi connectivity index (χ2n) is 7.52. The highest BCUT2D eigenvalue weighted by Gasteiger charge is 2.52. The van der Waals surface area contributed by atoms with Crippen LogP contribution in [0.1, 0.15) is 59.8 Å². The molecule has 0 aromatic carbocycles. The standard InChI is InChI=1S/C20H30O9S2/c1-11(21)25-10-16-17(26-12(2)22)18(27-13(3)23)19(28-14(4)24)20(29-16)31-30-15-8-6-5-7-9-15/h15-20H,5-10H2,1-4H3/t16-,17-,18+,19-,20+/m1/s1. The first-order valence-corrected chi connectivity index (χ1v) is 12.6. The Balaban J connectivity index is 2.28. The summed E-state index contributed by atoms with van der Waals surface area (Å²) >= 11 is 0. The molecular formula is C20H30O9S2.